The van der Waals surface area contributed by atoms with Crippen LogP contribution in [-0.2, 0) is 28.6 Å². The Balaban J connectivity index is 4.40. The molecule has 0 N–H and O–H groups in total. The third-order valence-electron chi connectivity index (χ3n) is 12.8. The molecule has 1 unspecified atom stereocenters. The fourth-order valence-electron chi connectivity index (χ4n) is 8.27. The molecule has 6 nitrogen and oxygen atoms in total. The van der Waals surface area contributed by atoms with Crippen LogP contribution in [-0.4, -0.2) is 37.2 Å². The van der Waals surface area contributed by atoms with E-state index in [2.05, 4.69) is 124 Å². The number of carbonyl (C=O) groups is 3. The monoisotopic (exact) mass is 1010 g/mol. The second-order valence-corrected chi connectivity index (χ2v) is 19.8. The summed E-state index contributed by atoms with van der Waals surface area (Å²) in [6, 6.07) is 0. The van der Waals surface area contributed by atoms with Gasteiger partial charge in [-0.05, 0) is 109 Å². The molecule has 1 atom stereocenters. The molecule has 0 rings (SSSR count). The summed E-state index contributed by atoms with van der Waals surface area (Å²) in [4.78, 5) is 38.2. The van der Waals surface area contributed by atoms with Gasteiger partial charge in [0.05, 0.1) is 0 Å². The zero-order valence-corrected chi connectivity index (χ0v) is 47.6. The van der Waals surface area contributed by atoms with Crippen molar-refractivity contribution in [1.82, 2.24) is 0 Å². The number of carbonyl (C=O) groups excluding carboxylic acids is 3. The molecule has 0 fully saturated rings. The minimum Gasteiger partial charge on any atom is -0.462 e. The highest BCUT2D eigenvalue weighted by Crippen LogP contribution is 2.15. The topological polar surface area (TPSA) is 78.9 Å². The number of hydrogen-bond donors (Lipinski definition) is 0. The third-order valence-corrected chi connectivity index (χ3v) is 12.8. The summed E-state index contributed by atoms with van der Waals surface area (Å²) in [6.07, 6.45) is 82.5. The summed E-state index contributed by atoms with van der Waals surface area (Å²) < 4.78 is 16.8. The smallest absolute Gasteiger partial charge is 0.306 e. The minimum atomic E-state index is -0.817. The summed E-state index contributed by atoms with van der Waals surface area (Å²) in [7, 11) is 0. The molecule has 0 aromatic heterocycles. The molecule has 416 valence electrons. The zero-order chi connectivity index (χ0) is 52.9. The lowest BCUT2D eigenvalue weighted by atomic mass is 10.0. The zero-order valence-electron chi connectivity index (χ0n) is 47.6. The maximum atomic E-state index is 12.9. The van der Waals surface area contributed by atoms with Gasteiger partial charge in [-0.1, -0.05) is 259 Å². The highest BCUT2D eigenvalue weighted by molar-refractivity contribution is 5.71. The van der Waals surface area contributed by atoms with Crippen molar-refractivity contribution >= 4 is 17.9 Å². The number of unbranched alkanes of at least 4 members (excludes halogenated alkanes) is 25. The molecule has 0 aromatic rings. The van der Waals surface area contributed by atoms with E-state index in [4.69, 9.17) is 14.2 Å². The van der Waals surface area contributed by atoms with Gasteiger partial charge in [0, 0.05) is 19.3 Å². The molecule has 0 amide bonds. The second kappa shape index (κ2) is 60.6. The largest absolute Gasteiger partial charge is 0.462 e. The third kappa shape index (κ3) is 58.8. The summed E-state index contributed by atoms with van der Waals surface area (Å²) in [5.74, 6) is -1.00. The van der Waals surface area contributed by atoms with Crippen molar-refractivity contribution in [2.45, 2.75) is 284 Å². The lowest BCUT2D eigenvalue weighted by molar-refractivity contribution is -0.166. The maximum Gasteiger partial charge on any atom is 0.306 e. The van der Waals surface area contributed by atoms with E-state index in [0.29, 0.717) is 19.3 Å². The number of rotatable bonds is 54. The number of hydrogen-bond acceptors (Lipinski definition) is 6. The Kier molecular flexibility index (Phi) is 57.4. The Morgan fingerprint density at radius 1 is 0.288 bits per heavy atom. The first-order valence-electron chi connectivity index (χ1n) is 30.4. The van der Waals surface area contributed by atoms with Crippen LogP contribution in [0.5, 0.6) is 0 Å². The van der Waals surface area contributed by atoms with E-state index in [1.165, 1.54) is 128 Å². The molecule has 0 aliphatic carbocycles. The molecule has 0 heterocycles. The van der Waals surface area contributed by atoms with Gasteiger partial charge < -0.3 is 14.2 Å². The van der Waals surface area contributed by atoms with Gasteiger partial charge in [-0.25, -0.2) is 0 Å². The molecule has 0 saturated heterocycles. The van der Waals surface area contributed by atoms with Gasteiger partial charge in [0.25, 0.3) is 0 Å². The van der Waals surface area contributed by atoms with Crippen LogP contribution in [0.4, 0.5) is 0 Å². The summed E-state index contributed by atoms with van der Waals surface area (Å²) in [6.45, 7) is 6.35. The van der Waals surface area contributed by atoms with E-state index in [1.807, 2.05) is 6.08 Å². The molecule has 0 radical (unpaired) electrons. The van der Waals surface area contributed by atoms with Gasteiger partial charge in [-0.3, -0.25) is 14.4 Å². The fourth-order valence-corrected chi connectivity index (χ4v) is 8.27. The lowest BCUT2D eigenvalue weighted by Crippen LogP contribution is -2.30. The van der Waals surface area contributed by atoms with Gasteiger partial charge in [0.2, 0.25) is 0 Å². The normalized spacial score (nSPS) is 12.9. The summed E-state index contributed by atoms with van der Waals surface area (Å²) >= 11 is 0. The maximum absolute atomic E-state index is 12.9. The van der Waals surface area contributed by atoms with Crippen molar-refractivity contribution in [2.75, 3.05) is 13.2 Å². The molecular formula is C67H112O6. The summed E-state index contributed by atoms with van der Waals surface area (Å²) in [5, 5.41) is 0. The van der Waals surface area contributed by atoms with Crippen molar-refractivity contribution in [3.05, 3.63) is 109 Å². The Labute approximate surface area is 450 Å². The first-order chi connectivity index (χ1) is 36.0. The van der Waals surface area contributed by atoms with Gasteiger partial charge in [0.15, 0.2) is 6.10 Å². The van der Waals surface area contributed by atoms with Crippen molar-refractivity contribution in [2.24, 2.45) is 0 Å². The standard InChI is InChI=1S/C67H112O6/c1-4-7-10-13-16-19-22-25-27-29-31-32-33-34-36-37-39-42-45-48-51-54-57-60-66(69)72-63-64(62-71-65(68)59-56-53-50-47-44-41-24-21-18-15-12-9-6-3)73-67(70)61-58-55-52-49-46-43-40-38-35-30-28-26-23-20-17-14-11-8-5-2/h8-9,11-12,17-18,20-21,26,28-29,31,35,38,41,44,50,53,64H,4-7,10,13-16,19,22-25,27,30,32-34,36-37,39-40,42-43,45-49,51-52,54-63H2,1-3H3/b11-8-,12-9-,20-17-,21-18-,28-26-,31-29-,38-35-,44-41-,53-50-. The minimum absolute atomic E-state index is 0.107. The van der Waals surface area contributed by atoms with Crippen LogP contribution in [0.1, 0.15) is 278 Å². The van der Waals surface area contributed by atoms with Crippen LogP contribution in [0.15, 0.2) is 109 Å². The average Bonchev–Trinajstić information content (AvgIpc) is 3.39. The Hall–Kier alpha value is -3.93. The molecule has 0 aliphatic rings. The number of allylic oxidation sites excluding steroid dienone is 18. The first kappa shape index (κ1) is 69.1. The predicted octanol–water partition coefficient (Wildman–Crippen LogP) is 20.7. The molecule has 0 bridgehead atoms. The van der Waals surface area contributed by atoms with Crippen molar-refractivity contribution in [1.29, 1.82) is 0 Å². The van der Waals surface area contributed by atoms with E-state index in [0.717, 1.165) is 103 Å². The van der Waals surface area contributed by atoms with Crippen molar-refractivity contribution < 1.29 is 28.6 Å². The Morgan fingerprint density at radius 2 is 0.562 bits per heavy atom. The highest BCUT2D eigenvalue weighted by atomic mass is 16.6. The SMILES string of the molecule is CC/C=C\C/C=C\C/C=C\C/C=C\CCCCCCCCC(=O)OC(COC(=O)CC/C=C\C/C=C\C/C=C\C/C=C\CC)COC(=O)CCCCCCCCCCCCC/C=C\CCCCCCCCCC. The molecule has 0 aliphatic heterocycles. The Morgan fingerprint density at radius 3 is 0.932 bits per heavy atom. The van der Waals surface area contributed by atoms with Gasteiger partial charge in [-0.2, -0.15) is 0 Å². The van der Waals surface area contributed by atoms with E-state index in [9.17, 15) is 14.4 Å². The Bertz CT molecular complexity index is 1490. The van der Waals surface area contributed by atoms with Crippen molar-refractivity contribution in [3.8, 4) is 0 Å². The second-order valence-electron chi connectivity index (χ2n) is 19.8. The van der Waals surface area contributed by atoms with Crippen LogP contribution >= 0.6 is 0 Å². The van der Waals surface area contributed by atoms with E-state index in [1.54, 1.807) is 0 Å². The van der Waals surface area contributed by atoms with Crippen LogP contribution in [0.2, 0.25) is 0 Å². The molecule has 6 heteroatoms. The molecule has 0 spiro atoms. The number of ether oxygens (including phenoxy) is 3. The predicted molar refractivity (Wildman–Crippen MR) is 316 cm³/mol. The lowest BCUT2D eigenvalue weighted by Gasteiger charge is -2.18. The van der Waals surface area contributed by atoms with Gasteiger partial charge >= 0.3 is 17.9 Å². The highest BCUT2D eigenvalue weighted by Gasteiger charge is 2.19. The van der Waals surface area contributed by atoms with E-state index in [-0.39, 0.29) is 37.5 Å². The summed E-state index contributed by atoms with van der Waals surface area (Å²) in [5.41, 5.74) is 0. The molecule has 73 heavy (non-hydrogen) atoms. The van der Waals surface area contributed by atoms with E-state index >= 15 is 0 Å². The molecule has 0 aromatic carbocycles. The fraction of sp³-hybridized carbons (Fsp3) is 0.687. The van der Waals surface area contributed by atoms with Gasteiger partial charge in [0.1, 0.15) is 13.2 Å². The first-order valence-corrected chi connectivity index (χ1v) is 30.4. The van der Waals surface area contributed by atoms with E-state index < -0.39 is 6.10 Å². The van der Waals surface area contributed by atoms with Crippen LogP contribution < -0.4 is 0 Å². The van der Waals surface area contributed by atoms with Gasteiger partial charge in [-0.15, -0.1) is 0 Å². The van der Waals surface area contributed by atoms with Crippen molar-refractivity contribution in [3.63, 3.8) is 0 Å². The molecule has 0 saturated carbocycles. The average molecular weight is 1010 g/mol. The molecular weight excluding hydrogens is 901 g/mol. The van der Waals surface area contributed by atoms with Crippen LogP contribution in [0.3, 0.4) is 0 Å². The van der Waals surface area contributed by atoms with Crippen LogP contribution in [0.25, 0.3) is 0 Å². The quantitative estimate of drug-likeness (QED) is 0.0261. The van der Waals surface area contributed by atoms with Crippen LogP contribution in [0, 0.1) is 0 Å². The number of esters is 3.